The third-order valence-corrected chi connectivity index (χ3v) is 2.46. The molecule has 0 heterocycles. The molecule has 0 aliphatic heterocycles. The highest BCUT2D eigenvalue weighted by Crippen LogP contribution is 2.28. The molecule has 3 nitrogen and oxygen atoms in total. The van der Waals surface area contributed by atoms with Crippen LogP contribution in [0.4, 0.5) is 0 Å². The van der Waals surface area contributed by atoms with Gasteiger partial charge in [0, 0.05) is 6.04 Å². The van der Waals surface area contributed by atoms with E-state index in [4.69, 9.17) is 5.73 Å². The third kappa shape index (κ3) is 2.21. The first-order chi connectivity index (χ1) is 5.52. The zero-order valence-corrected chi connectivity index (χ0v) is 8.00. The van der Waals surface area contributed by atoms with Gasteiger partial charge in [-0.15, -0.1) is 0 Å². The van der Waals surface area contributed by atoms with Crippen molar-refractivity contribution in [2.75, 3.05) is 0 Å². The fraction of sp³-hybridized carbons (Fsp3) is 0.889. The van der Waals surface area contributed by atoms with Gasteiger partial charge in [-0.2, -0.15) is 0 Å². The van der Waals surface area contributed by atoms with Gasteiger partial charge in [-0.05, 0) is 18.3 Å². The molecule has 0 saturated heterocycles. The van der Waals surface area contributed by atoms with Gasteiger partial charge >= 0.3 is 0 Å². The molecule has 0 aromatic carbocycles. The monoisotopic (exact) mass is 170 g/mol. The van der Waals surface area contributed by atoms with Crippen LogP contribution in [0.5, 0.6) is 0 Å². The number of hydrogen-bond acceptors (Lipinski definition) is 2. The number of carbonyl (C=O) groups excluding carboxylic acids is 1. The van der Waals surface area contributed by atoms with Crippen molar-refractivity contribution in [2.24, 2.45) is 17.6 Å². The largest absolute Gasteiger partial charge is 0.352 e. The molecule has 70 valence electrons. The molecule has 1 amide bonds. The average Bonchev–Trinajstić information content (AvgIpc) is 2.64. The number of carbonyl (C=O) groups is 1. The van der Waals surface area contributed by atoms with E-state index in [1.54, 1.807) is 0 Å². The molecule has 1 aliphatic carbocycles. The van der Waals surface area contributed by atoms with Crippen molar-refractivity contribution < 1.29 is 4.79 Å². The fourth-order valence-electron chi connectivity index (χ4n) is 1.10. The van der Waals surface area contributed by atoms with Crippen molar-refractivity contribution in [1.82, 2.24) is 5.32 Å². The summed E-state index contributed by atoms with van der Waals surface area (Å²) in [6.07, 6.45) is 1.11. The standard InChI is InChI=1S/C9H18N2O/c1-5(2)8(10)9(12)11-7-4-6(7)3/h5-8H,4,10H2,1-3H3,(H,11,12)/t6?,7?,8-/m1/s1. The maximum absolute atomic E-state index is 11.3. The van der Waals surface area contributed by atoms with E-state index < -0.39 is 0 Å². The van der Waals surface area contributed by atoms with E-state index in [0.717, 1.165) is 6.42 Å². The van der Waals surface area contributed by atoms with Gasteiger partial charge in [-0.1, -0.05) is 20.8 Å². The predicted octanol–water partition coefficient (Wildman–Crippen LogP) is 0.494. The Morgan fingerprint density at radius 3 is 2.42 bits per heavy atom. The van der Waals surface area contributed by atoms with Crippen LogP contribution >= 0.6 is 0 Å². The highest BCUT2D eigenvalue weighted by atomic mass is 16.2. The van der Waals surface area contributed by atoms with Crippen LogP contribution < -0.4 is 11.1 Å². The maximum atomic E-state index is 11.3. The van der Waals surface area contributed by atoms with E-state index >= 15 is 0 Å². The van der Waals surface area contributed by atoms with Gasteiger partial charge in [0.15, 0.2) is 0 Å². The highest BCUT2D eigenvalue weighted by molar-refractivity contribution is 5.82. The number of nitrogens with two attached hydrogens (primary N) is 1. The molecule has 1 rings (SSSR count). The van der Waals surface area contributed by atoms with Gasteiger partial charge in [0.2, 0.25) is 5.91 Å². The van der Waals surface area contributed by atoms with Crippen molar-refractivity contribution in [2.45, 2.75) is 39.3 Å². The summed E-state index contributed by atoms with van der Waals surface area (Å²) in [6.45, 7) is 6.05. The third-order valence-electron chi connectivity index (χ3n) is 2.46. The summed E-state index contributed by atoms with van der Waals surface area (Å²) in [5.41, 5.74) is 5.67. The van der Waals surface area contributed by atoms with Crippen LogP contribution in [0, 0.1) is 11.8 Å². The number of nitrogens with one attached hydrogen (secondary N) is 1. The van der Waals surface area contributed by atoms with Crippen molar-refractivity contribution in [3.8, 4) is 0 Å². The minimum absolute atomic E-state index is 0.000602. The molecule has 3 heteroatoms. The predicted molar refractivity (Wildman–Crippen MR) is 48.5 cm³/mol. The molecule has 1 saturated carbocycles. The normalized spacial score (nSPS) is 30.1. The second kappa shape index (κ2) is 3.44. The molecule has 0 spiro atoms. The van der Waals surface area contributed by atoms with Crippen LogP contribution in [0.1, 0.15) is 27.2 Å². The van der Waals surface area contributed by atoms with Crippen molar-refractivity contribution in [3.63, 3.8) is 0 Å². The first kappa shape index (κ1) is 9.52. The molecule has 0 radical (unpaired) electrons. The van der Waals surface area contributed by atoms with Gasteiger partial charge in [-0.25, -0.2) is 0 Å². The molecule has 12 heavy (non-hydrogen) atoms. The summed E-state index contributed by atoms with van der Waals surface area (Å²) in [6, 6.07) is 0.0418. The maximum Gasteiger partial charge on any atom is 0.237 e. The summed E-state index contributed by atoms with van der Waals surface area (Å²) < 4.78 is 0. The lowest BCUT2D eigenvalue weighted by molar-refractivity contribution is -0.123. The van der Waals surface area contributed by atoms with E-state index in [9.17, 15) is 4.79 Å². The number of rotatable bonds is 3. The lowest BCUT2D eigenvalue weighted by Crippen LogP contribution is -2.45. The van der Waals surface area contributed by atoms with E-state index in [1.807, 2.05) is 13.8 Å². The minimum atomic E-state index is -0.349. The van der Waals surface area contributed by atoms with Crippen LogP contribution in [-0.4, -0.2) is 18.0 Å². The first-order valence-electron chi connectivity index (χ1n) is 4.58. The molecule has 0 aromatic heterocycles. The van der Waals surface area contributed by atoms with Gasteiger partial charge in [0.05, 0.1) is 6.04 Å². The highest BCUT2D eigenvalue weighted by Gasteiger charge is 2.35. The average molecular weight is 170 g/mol. The number of amides is 1. The van der Waals surface area contributed by atoms with Crippen molar-refractivity contribution in [1.29, 1.82) is 0 Å². The molecule has 0 aromatic rings. The SMILES string of the molecule is CC1CC1NC(=O)[C@H](N)C(C)C. The summed E-state index contributed by atoms with van der Waals surface area (Å²) in [7, 11) is 0. The lowest BCUT2D eigenvalue weighted by atomic mass is 10.1. The molecular weight excluding hydrogens is 152 g/mol. The Labute approximate surface area is 73.7 Å². The molecule has 3 N–H and O–H groups in total. The zero-order chi connectivity index (χ0) is 9.30. The molecule has 3 atom stereocenters. The Kier molecular flexibility index (Phi) is 2.73. The molecule has 2 unspecified atom stereocenters. The van der Waals surface area contributed by atoms with Gasteiger partial charge < -0.3 is 11.1 Å². The summed E-state index contributed by atoms with van der Waals surface area (Å²) in [5.74, 6) is 0.867. The Morgan fingerprint density at radius 1 is 1.58 bits per heavy atom. The van der Waals surface area contributed by atoms with Crippen LogP contribution in [0.3, 0.4) is 0 Å². The molecular formula is C9H18N2O. The van der Waals surface area contributed by atoms with E-state index in [-0.39, 0.29) is 17.9 Å². The van der Waals surface area contributed by atoms with Crippen molar-refractivity contribution >= 4 is 5.91 Å². The smallest absolute Gasteiger partial charge is 0.237 e. The van der Waals surface area contributed by atoms with Crippen LogP contribution in [0.15, 0.2) is 0 Å². The number of hydrogen-bond donors (Lipinski definition) is 2. The Balaban J connectivity index is 2.28. The fourth-order valence-corrected chi connectivity index (χ4v) is 1.10. The summed E-state index contributed by atoms with van der Waals surface area (Å²) in [5, 5.41) is 2.92. The lowest BCUT2D eigenvalue weighted by Gasteiger charge is -2.14. The zero-order valence-electron chi connectivity index (χ0n) is 8.00. The topological polar surface area (TPSA) is 55.1 Å². The Hall–Kier alpha value is -0.570. The van der Waals surface area contributed by atoms with Gasteiger partial charge in [0.25, 0.3) is 0 Å². The summed E-state index contributed by atoms with van der Waals surface area (Å²) >= 11 is 0. The van der Waals surface area contributed by atoms with Gasteiger partial charge in [0.1, 0.15) is 0 Å². The summed E-state index contributed by atoms with van der Waals surface area (Å²) in [4.78, 5) is 11.3. The van der Waals surface area contributed by atoms with E-state index in [2.05, 4.69) is 12.2 Å². The molecule has 1 fully saturated rings. The first-order valence-corrected chi connectivity index (χ1v) is 4.58. The van der Waals surface area contributed by atoms with Crippen LogP contribution in [-0.2, 0) is 4.79 Å². The van der Waals surface area contributed by atoms with Crippen molar-refractivity contribution in [3.05, 3.63) is 0 Å². The van der Waals surface area contributed by atoms with Crippen LogP contribution in [0.25, 0.3) is 0 Å². The second-order valence-corrected chi connectivity index (χ2v) is 4.10. The van der Waals surface area contributed by atoms with Crippen LogP contribution in [0.2, 0.25) is 0 Å². The Bertz CT molecular complexity index is 179. The minimum Gasteiger partial charge on any atom is -0.352 e. The van der Waals surface area contributed by atoms with E-state index in [1.165, 1.54) is 0 Å². The quantitative estimate of drug-likeness (QED) is 0.648. The van der Waals surface area contributed by atoms with Gasteiger partial charge in [-0.3, -0.25) is 4.79 Å². The Morgan fingerprint density at radius 2 is 2.08 bits per heavy atom. The second-order valence-electron chi connectivity index (χ2n) is 4.10. The molecule has 0 bridgehead atoms. The molecule has 1 aliphatic rings. The van der Waals surface area contributed by atoms with E-state index in [0.29, 0.717) is 12.0 Å².